The van der Waals surface area contributed by atoms with E-state index in [9.17, 15) is 9.59 Å². The summed E-state index contributed by atoms with van der Waals surface area (Å²) in [6, 6.07) is 12.8. The highest BCUT2D eigenvalue weighted by molar-refractivity contribution is 6.35. The van der Waals surface area contributed by atoms with Crippen LogP contribution in [0.15, 0.2) is 42.5 Å². The van der Waals surface area contributed by atoms with E-state index in [1.165, 1.54) is 0 Å². The van der Waals surface area contributed by atoms with Crippen molar-refractivity contribution in [1.29, 1.82) is 0 Å². The molecule has 0 radical (unpaired) electrons. The molecule has 5 nitrogen and oxygen atoms in total. The van der Waals surface area contributed by atoms with Gasteiger partial charge in [-0.25, -0.2) is 0 Å². The summed E-state index contributed by atoms with van der Waals surface area (Å²) in [5.41, 5.74) is 2.48. The van der Waals surface area contributed by atoms with Crippen LogP contribution in [-0.4, -0.2) is 36.5 Å². The van der Waals surface area contributed by atoms with E-state index < -0.39 is 0 Å². The van der Waals surface area contributed by atoms with Crippen molar-refractivity contribution in [2.24, 2.45) is 5.92 Å². The van der Waals surface area contributed by atoms with Crippen LogP contribution >= 0.6 is 23.2 Å². The normalized spacial score (nSPS) is 16.8. The summed E-state index contributed by atoms with van der Waals surface area (Å²) in [5, 5.41) is 4.29. The Morgan fingerprint density at radius 2 is 1.83 bits per heavy atom. The smallest absolute Gasteiger partial charge is 0.310 e. The molecule has 0 aromatic heterocycles. The summed E-state index contributed by atoms with van der Waals surface area (Å²) >= 11 is 12.6. The molecule has 0 unspecified atom stereocenters. The molecule has 160 valence electrons. The van der Waals surface area contributed by atoms with E-state index in [1.54, 1.807) is 6.92 Å². The maximum absolute atomic E-state index is 12.8. The van der Waals surface area contributed by atoms with Gasteiger partial charge in [-0.05, 0) is 56.1 Å². The van der Waals surface area contributed by atoms with E-state index in [-0.39, 0.29) is 24.2 Å². The zero-order valence-electron chi connectivity index (χ0n) is 17.0. The minimum absolute atomic E-state index is 0.00287. The Morgan fingerprint density at radius 1 is 1.13 bits per heavy atom. The molecule has 0 bridgehead atoms. The van der Waals surface area contributed by atoms with Crippen LogP contribution in [0, 0.1) is 5.92 Å². The Balaban J connectivity index is 1.55. The third-order valence-electron chi connectivity index (χ3n) is 5.19. The molecule has 1 saturated heterocycles. The molecule has 2 aromatic rings. The van der Waals surface area contributed by atoms with Gasteiger partial charge in [0.05, 0.1) is 18.9 Å². The monoisotopic (exact) mass is 448 g/mol. The molecule has 3 rings (SSSR count). The number of nitrogens with zero attached hydrogens (tertiary/aromatic N) is 1. The highest BCUT2D eigenvalue weighted by atomic mass is 35.5. The van der Waals surface area contributed by atoms with Gasteiger partial charge in [-0.3, -0.25) is 14.5 Å². The summed E-state index contributed by atoms with van der Waals surface area (Å²) in [6.07, 6.45) is 2.02. The third-order valence-corrected chi connectivity index (χ3v) is 5.90. The fraction of sp³-hybridized carbons (Fsp3) is 0.391. The molecule has 0 spiro atoms. The molecular formula is C23H26Cl2N2O3. The number of piperidine rings is 1. The minimum Gasteiger partial charge on any atom is -0.466 e. The van der Waals surface area contributed by atoms with Crippen molar-refractivity contribution in [2.75, 3.05) is 25.0 Å². The second-order valence-corrected chi connectivity index (χ2v) is 8.26. The average Bonchev–Trinajstić information content (AvgIpc) is 2.73. The van der Waals surface area contributed by atoms with Gasteiger partial charge in [0.1, 0.15) is 0 Å². The summed E-state index contributed by atoms with van der Waals surface area (Å²) in [4.78, 5) is 26.6. The molecule has 0 aliphatic carbocycles. The number of likely N-dealkylation sites (tertiary alicyclic amines) is 1. The largest absolute Gasteiger partial charge is 0.466 e. The van der Waals surface area contributed by atoms with Crippen LogP contribution in [0.3, 0.4) is 0 Å². The van der Waals surface area contributed by atoms with Gasteiger partial charge in [-0.15, -0.1) is 0 Å². The van der Waals surface area contributed by atoms with Gasteiger partial charge in [-0.2, -0.15) is 0 Å². The van der Waals surface area contributed by atoms with Crippen LogP contribution in [0.25, 0.3) is 0 Å². The molecule has 7 heteroatoms. The number of rotatable bonds is 7. The van der Waals surface area contributed by atoms with E-state index in [1.807, 2.05) is 42.5 Å². The first kappa shape index (κ1) is 22.6. The topological polar surface area (TPSA) is 58.6 Å². The maximum atomic E-state index is 12.8. The number of halogens is 2. The van der Waals surface area contributed by atoms with Crippen LogP contribution in [0.1, 0.15) is 30.9 Å². The Bertz CT molecular complexity index is 866. The van der Waals surface area contributed by atoms with Gasteiger partial charge in [0.15, 0.2) is 0 Å². The molecule has 0 saturated carbocycles. The van der Waals surface area contributed by atoms with Crippen LogP contribution < -0.4 is 5.32 Å². The predicted molar refractivity (Wildman–Crippen MR) is 120 cm³/mol. The summed E-state index contributed by atoms with van der Waals surface area (Å²) in [6.45, 7) is 4.35. The molecule has 2 aromatic carbocycles. The fourth-order valence-corrected chi connectivity index (χ4v) is 4.17. The molecule has 1 aliphatic rings. The number of esters is 1. The van der Waals surface area contributed by atoms with Crippen LogP contribution in [0.5, 0.6) is 0 Å². The quantitative estimate of drug-likeness (QED) is 0.608. The van der Waals surface area contributed by atoms with Gasteiger partial charge in [0.2, 0.25) is 5.91 Å². The average molecular weight is 449 g/mol. The number of carbonyl (C=O) groups is 2. The molecular weight excluding hydrogens is 423 g/mol. The highest BCUT2D eigenvalue weighted by Crippen LogP contribution is 2.28. The van der Waals surface area contributed by atoms with Crippen LogP contribution in [0.4, 0.5) is 5.69 Å². The SMILES string of the molecule is CCOC(=O)Cc1ccc(NC(=O)[C@H]2CCCN(Cc3c(Cl)cccc3Cl)C2)cc1. The van der Waals surface area contributed by atoms with Crippen molar-refractivity contribution in [3.8, 4) is 0 Å². The van der Waals surface area contributed by atoms with E-state index >= 15 is 0 Å². The van der Waals surface area contributed by atoms with Crippen molar-refractivity contribution >= 4 is 40.8 Å². The number of anilines is 1. The predicted octanol–water partition coefficient (Wildman–Crippen LogP) is 4.95. The number of amides is 1. The Morgan fingerprint density at radius 3 is 2.50 bits per heavy atom. The Kier molecular flexibility index (Phi) is 8.14. The lowest BCUT2D eigenvalue weighted by Crippen LogP contribution is -2.40. The summed E-state index contributed by atoms with van der Waals surface area (Å²) < 4.78 is 4.96. The van der Waals surface area contributed by atoms with Crippen molar-refractivity contribution in [3.05, 3.63) is 63.6 Å². The zero-order valence-corrected chi connectivity index (χ0v) is 18.5. The summed E-state index contributed by atoms with van der Waals surface area (Å²) in [5.74, 6) is -0.350. The number of nitrogens with one attached hydrogen (secondary N) is 1. The van der Waals surface area contributed by atoms with Crippen molar-refractivity contribution < 1.29 is 14.3 Å². The highest BCUT2D eigenvalue weighted by Gasteiger charge is 2.26. The molecule has 30 heavy (non-hydrogen) atoms. The minimum atomic E-state index is -0.254. The van der Waals surface area contributed by atoms with Gasteiger partial charge < -0.3 is 10.1 Å². The Hall–Kier alpha value is -2.08. The fourth-order valence-electron chi connectivity index (χ4n) is 3.65. The molecule has 1 aliphatic heterocycles. The first-order valence-corrected chi connectivity index (χ1v) is 10.9. The molecule has 1 N–H and O–H groups in total. The lowest BCUT2D eigenvalue weighted by molar-refractivity contribution is -0.142. The first-order chi connectivity index (χ1) is 14.5. The Labute approximate surface area is 187 Å². The lowest BCUT2D eigenvalue weighted by Gasteiger charge is -2.32. The number of benzene rings is 2. The number of hydrogen-bond donors (Lipinski definition) is 1. The van der Waals surface area contributed by atoms with Crippen LogP contribution in [-0.2, 0) is 27.3 Å². The number of carbonyl (C=O) groups excluding carboxylic acids is 2. The second kappa shape index (κ2) is 10.8. The first-order valence-electron chi connectivity index (χ1n) is 10.2. The van der Waals surface area contributed by atoms with Crippen molar-refractivity contribution in [1.82, 2.24) is 4.90 Å². The number of hydrogen-bond acceptors (Lipinski definition) is 4. The van der Waals surface area contributed by atoms with Crippen LogP contribution in [0.2, 0.25) is 10.0 Å². The second-order valence-electron chi connectivity index (χ2n) is 7.44. The van der Waals surface area contributed by atoms with Gasteiger partial charge in [0, 0.05) is 34.4 Å². The van der Waals surface area contributed by atoms with Crippen molar-refractivity contribution in [2.45, 2.75) is 32.7 Å². The van der Waals surface area contributed by atoms with E-state index in [2.05, 4.69) is 10.2 Å². The zero-order chi connectivity index (χ0) is 21.5. The van der Waals surface area contributed by atoms with Gasteiger partial charge in [0.25, 0.3) is 0 Å². The molecule has 1 fully saturated rings. The molecule has 1 atom stereocenters. The summed E-state index contributed by atoms with van der Waals surface area (Å²) in [7, 11) is 0. The lowest BCUT2D eigenvalue weighted by atomic mass is 9.96. The molecule has 1 heterocycles. The maximum Gasteiger partial charge on any atom is 0.310 e. The van der Waals surface area contributed by atoms with Gasteiger partial charge in [-0.1, -0.05) is 41.4 Å². The molecule has 1 amide bonds. The van der Waals surface area contributed by atoms with Gasteiger partial charge >= 0.3 is 5.97 Å². The van der Waals surface area contributed by atoms with E-state index in [4.69, 9.17) is 27.9 Å². The van der Waals surface area contributed by atoms with E-state index in [0.29, 0.717) is 29.7 Å². The van der Waals surface area contributed by atoms with Crippen molar-refractivity contribution in [3.63, 3.8) is 0 Å². The number of ether oxygens (including phenoxy) is 1. The standard InChI is InChI=1S/C23H26Cl2N2O3/c1-2-30-22(28)13-16-8-10-18(11-9-16)26-23(29)17-5-4-12-27(14-17)15-19-20(24)6-3-7-21(19)25/h3,6-11,17H,2,4-5,12-15H2,1H3,(H,26,29)/t17-/m0/s1. The van der Waals surface area contributed by atoms with E-state index in [0.717, 1.165) is 36.2 Å². The third kappa shape index (κ3) is 6.21.